The molecule has 0 saturated carbocycles. The van der Waals surface area contributed by atoms with E-state index in [9.17, 15) is 31.9 Å². The van der Waals surface area contributed by atoms with E-state index in [1.807, 2.05) is 0 Å². The molecule has 120 valence electrons. The molecule has 0 heterocycles. The highest BCUT2D eigenvalue weighted by Crippen LogP contribution is 2.38. The standard InChI is InChI=1S/C11H10F5NO3.ClH/c1-2-20-10(19)11(15,16)9(17)6-5(18)3-4(12)7(13)8(6)14;/h3,9,18H,2,17H2,1H3;1H/t9-;/m0./s1. The minimum absolute atomic E-state index is 0. The van der Waals surface area contributed by atoms with Crippen LogP contribution in [0, 0.1) is 17.5 Å². The first-order valence-corrected chi connectivity index (χ1v) is 5.31. The quantitative estimate of drug-likeness (QED) is 0.503. The highest BCUT2D eigenvalue weighted by atomic mass is 35.5. The number of rotatable bonds is 4. The van der Waals surface area contributed by atoms with Crippen LogP contribution in [0.5, 0.6) is 5.75 Å². The zero-order valence-corrected chi connectivity index (χ0v) is 11.3. The fraction of sp³-hybridized carbons (Fsp3) is 0.364. The van der Waals surface area contributed by atoms with Crippen LogP contribution in [0.3, 0.4) is 0 Å². The lowest BCUT2D eigenvalue weighted by atomic mass is 9.99. The molecule has 0 amide bonds. The van der Waals surface area contributed by atoms with Gasteiger partial charge in [0, 0.05) is 6.07 Å². The van der Waals surface area contributed by atoms with Crippen molar-refractivity contribution in [2.75, 3.05) is 6.61 Å². The number of alkyl halides is 2. The van der Waals surface area contributed by atoms with Gasteiger partial charge in [-0.2, -0.15) is 8.78 Å². The van der Waals surface area contributed by atoms with Crippen molar-refractivity contribution >= 4 is 18.4 Å². The van der Waals surface area contributed by atoms with Gasteiger partial charge in [-0.1, -0.05) is 0 Å². The first-order chi connectivity index (χ1) is 9.14. The molecule has 0 radical (unpaired) electrons. The Kier molecular flexibility index (Phi) is 6.37. The van der Waals surface area contributed by atoms with E-state index in [0.29, 0.717) is 0 Å². The number of carbonyl (C=O) groups excluding carboxylic acids is 1. The van der Waals surface area contributed by atoms with Crippen LogP contribution in [0.25, 0.3) is 0 Å². The average molecular weight is 336 g/mol. The number of phenolic OH excluding ortho intramolecular Hbond substituents is 1. The van der Waals surface area contributed by atoms with Crippen molar-refractivity contribution in [3.05, 3.63) is 29.1 Å². The topological polar surface area (TPSA) is 72.5 Å². The van der Waals surface area contributed by atoms with Gasteiger partial charge in [-0.05, 0) is 6.92 Å². The van der Waals surface area contributed by atoms with Crippen molar-refractivity contribution in [1.29, 1.82) is 0 Å². The third-order valence-electron chi connectivity index (χ3n) is 2.43. The Bertz CT molecular complexity index is 541. The summed E-state index contributed by atoms with van der Waals surface area (Å²) in [6, 6.07) is -2.66. The van der Waals surface area contributed by atoms with Crippen molar-refractivity contribution < 1.29 is 36.6 Å². The van der Waals surface area contributed by atoms with Crippen LogP contribution in [-0.2, 0) is 9.53 Å². The number of phenols is 1. The Morgan fingerprint density at radius 2 is 1.90 bits per heavy atom. The molecule has 1 aromatic rings. The molecule has 10 heteroatoms. The number of nitrogens with two attached hydrogens (primary N) is 1. The molecule has 3 N–H and O–H groups in total. The summed E-state index contributed by atoms with van der Waals surface area (Å²) in [5.41, 5.74) is 3.57. The van der Waals surface area contributed by atoms with Crippen LogP contribution in [0.2, 0.25) is 0 Å². The maximum Gasteiger partial charge on any atom is 0.379 e. The summed E-state index contributed by atoms with van der Waals surface area (Å²) < 4.78 is 70.4. The SMILES string of the molecule is CCOC(=O)C(F)(F)[C@@H](N)c1c(O)cc(F)c(F)c1F.Cl. The van der Waals surface area contributed by atoms with Gasteiger partial charge in [0.25, 0.3) is 0 Å². The van der Waals surface area contributed by atoms with E-state index < -0.39 is 53.3 Å². The molecular weight excluding hydrogens is 325 g/mol. The minimum Gasteiger partial charge on any atom is -0.507 e. The van der Waals surface area contributed by atoms with Crippen molar-refractivity contribution in [1.82, 2.24) is 0 Å². The largest absolute Gasteiger partial charge is 0.507 e. The van der Waals surface area contributed by atoms with Gasteiger partial charge in [0.05, 0.1) is 12.2 Å². The molecule has 0 aromatic heterocycles. The summed E-state index contributed by atoms with van der Waals surface area (Å²) in [6.45, 7) is 0.850. The van der Waals surface area contributed by atoms with Crippen LogP contribution in [0.4, 0.5) is 22.0 Å². The van der Waals surface area contributed by atoms with Gasteiger partial charge in [0.1, 0.15) is 11.8 Å². The van der Waals surface area contributed by atoms with Gasteiger partial charge in [-0.3, -0.25) is 0 Å². The van der Waals surface area contributed by atoms with Gasteiger partial charge in [0.2, 0.25) is 0 Å². The number of carbonyl (C=O) groups is 1. The van der Waals surface area contributed by atoms with E-state index in [0.717, 1.165) is 0 Å². The maximum absolute atomic E-state index is 13.6. The molecule has 1 atom stereocenters. The fourth-order valence-corrected chi connectivity index (χ4v) is 1.43. The number of aromatic hydroxyl groups is 1. The first kappa shape index (κ1) is 19.4. The molecule has 0 aliphatic rings. The fourth-order valence-electron chi connectivity index (χ4n) is 1.43. The van der Waals surface area contributed by atoms with Crippen LogP contribution in [0.15, 0.2) is 6.07 Å². The number of halogens is 6. The van der Waals surface area contributed by atoms with Crippen molar-refractivity contribution in [2.45, 2.75) is 18.9 Å². The molecular formula is C11H11ClF5NO3. The van der Waals surface area contributed by atoms with Gasteiger partial charge in [-0.25, -0.2) is 18.0 Å². The lowest BCUT2D eigenvalue weighted by Crippen LogP contribution is -2.42. The molecule has 1 aromatic carbocycles. The Balaban J connectivity index is 0.00000400. The Hall–Kier alpha value is -1.61. The molecule has 21 heavy (non-hydrogen) atoms. The number of hydrogen-bond donors (Lipinski definition) is 2. The van der Waals surface area contributed by atoms with E-state index in [1.54, 1.807) is 0 Å². The van der Waals surface area contributed by atoms with E-state index in [4.69, 9.17) is 5.73 Å². The Morgan fingerprint density at radius 1 is 1.38 bits per heavy atom. The van der Waals surface area contributed by atoms with Crippen LogP contribution in [0.1, 0.15) is 18.5 Å². The zero-order chi connectivity index (χ0) is 15.7. The highest BCUT2D eigenvalue weighted by Gasteiger charge is 2.50. The minimum atomic E-state index is -4.43. The lowest BCUT2D eigenvalue weighted by molar-refractivity contribution is -0.175. The summed E-state index contributed by atoms with van der Waals surface area (Å²) >= 11 is 0. The monoisotopic (exact) mass is 335 g/mol. The number of hydrogen-bond acceptors (Lipinski definition) is 4. The first-order valence-electron chi connectivity index (χ1n) is 5.31. The molecule has 0 unspecified atom stereocenters. The number of esters is 1. The summed E-state index contributed by atoms with van der Waals surface area (Å²) in [4.78, 5) is 11.0. The van der Waals surface area contributed by atoms with E-state index in [1.165, 1.54) is 6.92 Å². The van der Waals surface area contributed by atoms with E-state index >= 15 is 0 Å². The summed E-state index contributed by atoms with van der Waals surface area (Å²) in [5.74, 6) is -13.8. The third kappa shape index (κ3) is 3.53. The zero-order valence-electron chi connectivity index (χ0n) is 10.5. The van der Waals surface area contributed by atoms with Crippen LogP contribution < -0.4 is 5.73 Å². The molecule has 0 aliphatic heterocycles. The van der Waals surface area contributed by atoms with Crippen molar-refractivity contribution in [3.63, 3.8) is 0 Å². The molecule has 0 fully saturated rings. The van der Waals surface area contributed by atoms with Gasteiger partial charge >= 0.3 is 11.9 Å². The van der Waals surface area contributed by atoms with Gasteiger partial charge in [-0.15, -0.1) is 12.4 Å². The molecule has 0 spiro atoms. The molecule has 1 rings (SSSR count). The smallest absolute Gasteiger partial charge is 0.379 e. The maximum atomic E-state index is 13.6. The predicted octanol–water partition coefficient (Wildman–Crippen LogP) is 2.43. The second kappa shape index (κ2) is 6.90. The predicted molar refractivity (Wildman–Crippen MR) is 63.7 cm³/mol. The van der Waals surface area contributed by atoms with Gasteiger partial charge < -0.3 is 15.6 Å². The molecule has 0 bridgehead atoms. The Morgan fingerprint density at radius 3 is 2.38 bits per heavy atom. The van der Waals surface area contributed by atoms with E-state index in [2.05, 4.69) is 4.74 Å². The van der Waals surface area contributed by atoms with Crippen LogP contribution in [-0.4, -0.2) is 23.6 Å². The number of benzene rings is 1. The molecule has 0 aliphatic carbocycles. The average Bonchev–Trinajstić information content (AvgIpc) is 2.36. The normalized spacial score (nSPS) is 12.5. The lowest BCUT2D eigenvalue weighted by Gasteiger charge is -2.23. The molecule has 4 nitrogen and oxygen atoms in total. The summed E-state index contributed by atoms with van der Waals surface area (Å²) in [6.07, 6.45) is 0. The number of ether oxygens (including phenoxy) is 1. The second-order valence-corrected chi connectivity index (χ2v) is 3.74. The van der Waals surface area contributed by atoms with Gasteiger partial charge in [0.15, 0.2) is 17.5 Å². The van der Waals surface area contributed by atoms with E-state index in [-0.39, 0.29) is 18.5 Å². The second-order valence-electron chi connectivity index (χ2n) is 3.74. The Labute approximate surface area is 122 Å². The third-order valence-corrected chi connectivity index (χ3v) is 2.43. The van der Waals surface area contributed by atoms with Crippen LogP contribution >= 0.6 is 12.4 Å². The van der Waals surface area contributed by atoms with Crippen molar-refractivity contribution in [2.24, 2.45) is 5.73 Å². The van der Waals surface area contributed by atoms with Crippen molar-refractivity contribution in [3.8, 4) is 5.75 Å². The molecule has 0 saturated heterocycles. The summed E-state index contributed by atoms with van der Waals surface area (Å²) in [5, 5.41) is 9.23. The summed E-state index contributed by atoms with van der Waals surface area (Å²) in [7, 11) is 0. The highest BCUT2D eigenvalue weighted by molar-refractivity contribution is 5.85.